The van der Waals surface area contributed by atoms with Gasteiger partial charge in [0.25, 0.3) is 5.91 Å². The summed E-state index contributed by atoms with van der Waals surface area (Å²) >= 11 is 0. The van der Waals surface area contributed by atoms with Crippen molar-refractivity contribution in [1.29, 1.82) is 0 Å². The molecule has 0 aromatic heterocycles. The van der Waals surface area contributed by atoms with Crippen molar-refractivity contribution < 1.29 is 14.4 Å². The summed E-state index contributed by atoms with van der Waals surface area (Å²) in [6, 6.07) is -0.305. The lowest BCUT2D eigenvalue weighted by Crippen LogP contribution is -2.44. The van der Waals surface area contributed by atoms with Crippen LogP contribution in [0.1, 0.15) is 38.5 Å². The summed E-state index contributed by atoms with van der Waals surface area (Å²) in [5.74, 6) is -0.188. The third-order valence-electron chi connectivity index (χ3n) is 4.83. The molecule has 0 bridgehead atoms. The van der Waals surface area contributed by atoms with Gasteiger partial charge in [0, 0.05) is 32.1 Å². The molecule has 0 aromatic rings. The van der Waals surface area contributed by atoms with Gasteiger partial charge in [-0.05, 0) is 19.3 Å². The molecule has 2 heterocycles. The molecule has 4 amide bonds. The average Bonchev–Trinajstić information content (AvgIpc) is 3.12. The number of nitrogens with two attached hydrogens (primary N) is 1. The highest BCUT2D eigenvalue weighted by Crippen LogP contribution is 2.35. The molecule has 0 aromatic carbocycles. The van der Waals surface area contributed by atoms with Gasteiger partial charge >= 0.3 is 6.03 Å². The Morgan fingerprint density at radius 3 is 2.67 bits per heavy atom. The number of amides is 4. The number of nitrogens with zero attached hydrogens (tertiary/aromatic N) is 2. The van der Waals surface area contributed by atoms with Crippen LogP contribution in [0.5, 0.6) is 0 Å². The summed E-state index contributed by atoms with van der Waals surface area (Å²) in [6.45, 7) is 1.41. The van der Waals surface area contributed by atoms with Crippen LogP contribution in [0.4, 0.5) is 4.79 Å². The minimum absolute atomic E-state index is 0.0316. The number of nitrogens with one attached hydrogen (secondary N) is 1. The third kappa shape index (κ3) is 2.50. The van der Waals surface area contributed by atoms with E-state index in [1.807, 2.05) is 0 Å². The molecule has 0 radical (unpaired) electrons. The molecule has 21 heavy (non-hydrogen) atoms. The standard InChI is InChI=1S/C14H22N4O3/c15-10-3-7-17(9-10)11(19)4-8-18-12(20)14(16-13(18)21)5-1-2-6-14/h10H,1-9,15H2,(H,16,21)/t10-/m0/s1. The van der Waals surface area contributed by atoms with Crippen LogP contribution >= 0.6 is 0 Å². The summed E-state index contributed by atoms with van der Waals surface area (Å²) in [5, 5.41) is 2.82. The van der Waals surface area contributed by atoms with Gasteiger partial charge in [-0.1, -0.05) is 12.8 Å². The zero-order chi connectivity index (χ0) is 15.0. The van der Waals surface area contributed by atoms with Crippen LogP contribution in [-0.2, 0) is 9.59 Å². The van der Waals surface area contributed by atoms with Crippen LogP contribution in [0.15, 0.2) is 0 Å². The van der Waals surface area contributed by atoms with E-state index < -0.39 is 5.54 Å². The molecule has 1 aliphatic carbocycles. The van der Waals surface area contributed by atoms with E-state index in [4.69, 9.17) is 5.73 Å². The molecule has 1 spiro atoms. The smallest absolute Gasteiger partial charge is 0.325 e. The fourth-order valence-electron chi connectivity index (χ4n) is 3.58. The van der Waals surface area contributed by atoms with Crippen molar-refractivity contribution >= 4 is 17.8 Å². The molecule has 3 aliphatic rings. The molecule has 116 valence electrons. The van der Waals surface area contributed by atoms with Gasteiger partial charge in [0.15, 0.2) is 0 Å². The largest absolute Gasteiger partial charge is 0.341 e. The van der Waals surface area contributed by atoms with Crippen molar-refractivity contribution in [3.05, 3.63) is 0 Å². The number of hydrogen-bond donors (Lipinski definition) is 2. The third-order valence-corrected chi connectivity index (χ3v) is 4.83. The number of carbonyl (C=O) groups excluding carboxylic acids is 3. The Hall–Kier alpha value is -1.63. The van der Waals surface area contributed by atoms with Gasteiger partial charge in [-0.15, -0.1) is 0 Å². The lowest BCUT2D eigenvalue weighted by Gasteiger charge is -2.21. The molecule has 3 rings (SSSR count). The highest BCUT2D eigenvalue weighted by molar-refractivity contribution is 6.07. The van der Waals surface area contributed by atoms with Crippen LogP contribution in [0, 0.1) is 0 Å². The first kappa shape index (κ1) is 14.3. The maximum absolute atomic E-state index is 12.4. The Labute approximate surface area is 123 Å². The average molecular weight is 294 g/mol. The number of likely N-dealkylation sites (tertiary alicyclic amines) is 1. The van der Waals surface area contributed by atoms with E-state index in [-0.39, 0.29) is 36.9 Å². The van der Waals surface area contributed by atoms with E-state index >= 15 is 0 Å². The van der Waals surface area contributed by atoms with E-state index in [1.54, 1.807) is 4.90 Å². The monoisotopic (exact) mass is 294 g/mol. The summed E-state index contributed by atoms with van der Waals surface area (Å²) in [4.78, 5) is 39.4. The van der Waals surface area contributed by atoms with Crippen molar-refractivity contribution in [2.24, 2.45) is 5.73 Å². The summed E-state index contributed by atoms with van der Waals surface area (Å²) in [6.07, 6.45) is 4.35. The Morgan fingerprint density at radius 2 is 2.05 bits per heavy atom. The van der Waals surface area contributed by atoms with Crippen molar-refractivity contribution in [2.45, 2.75) is 50.1 Å². The quantitative estimate of drug-likeness (QED) is 0.705. The fraction of sp³-hybridized carbons (Fsp3) is 0.786. The Morgan fingerprint density at radius 1 is 1.33 bits per heavy atom. The number of rotatable bonds is 3. The van der Waals surface area contributed by atoms with E-state index in [0.717, 1.165) is 19.3 Å². The molecule has 1 atom stereocenters. The van der Waals surface area contributed by atoms with Gasteiger partial charge in [0.05, 0.1) is 0 Å². The van der Waals surface area contributed by atoms with Gasteiger partial charge in [-0.25, -0.2) is 4.79 Å². The number of carbonyl (C=O) groups is 3. The van der Waals surface area contributed by atoms with Crippen LogP contribution in [-0.4, -0.2) is 58.9 Å². The van der Waals surface area contributed by atoms with E-state index in [2.05, 4.69) is 5.32 Å². The molecule has 2 saturated heterocycles. The number of hydrogen-bond acceptors (Lipinski definition) is 4. The summed E-state index contributed by atoms with van der Waals surface area (Å²) in [5.41, 5.74) is 5.10. The molecular weight excluding hydrogens is 272 g/mol. The summed E-state index contributed by atoms with van der Waals surface area (Å²) < 4.78 is 0. The number of imide groups is 1. The van der Waals surface area contributed by atoms with Crippen LogP contribution < -0.4 is 11.1 Å². The molecule has 7 nitrogen and oxygen atoms in total. The normalized spacial score (nSPS) is 27.8. The maximum Gasteiger partial charge on any atom is 0.325 e. The predicted octanol–water partition coefficient (Wildman–Crippen LogP) is -0.199. The minimum Gasteiger partial charge on any atom is -0.341 e. The van der Waals surface area contributed by atoms with Crippen molar-refractivity contribution in [3.63, 3.8) is 0 Å². The SMILES string of the molecule is N[C@H]1CCN(C(=O)CCN2C(=O)NC3(CCCC3)C2=O)C1. The van der Waals surface area contributed by atoms with Crippen molar-refractivity contribution in [3.8, 4) is 0 Å². The van der Waals surface area contributed by atoms with Crippen LogP contribution in [0.2, 0.25) is 0 Å². The van der Waals surface area contributed by atoms with Gasteiger partial charge in [0.2, 0.25) is 5.91 Å². The Bertz CT molecular complexity index is 473. The van der Waals surface area contributed by atoms with Gasteiger partial charge in [0.1, 0.15) is 5.54 Å². The Kier molecular flexibility index (Phi) is 3.61. The van der Waals surface area contributed by atoms with E-state index in [1.165, 1.54) is 4.90 Å². The lowest BCUT2D eigenvalue weighted by atomic mass is 9.98. The maximum atomic E-state index is 12.4. The first-order valence-corrected chi connectivity index (χ1v) is 7.69. The van der Waals surface area contributed by atoms with Gasteiger partial charge < -0.3 is 16.0 Å². The first-order chi connectivity index (χ1) is 10.0. The van der Waals surface area contributed by atoms with E-state index in [0.29, 0.717) is 25.9 Å². The second-order valence-corrected chi connectivity index (χ2v) is 6.31. The highest BCUT2D eigenvalue weighted by atomic mass is 16.2. The zero-order valence-electron chi connectivity index (χ0n) is 12.1. The van der Waals surface area contributed by atoms with E-state index in [9.17, 15) is 14.4 Å². The molecule has 3 fully saturated rings. The Balaban J connectivity index is 1.57. The molecule has 2 aliphatic heterocycles. The lowest BCUT2D eigenvalue weighted by molar-refractivity contribution is -0.133. The second-order valence-electron chi connectivity index (χ2n) is 6.31. The second kappa shape index (κ2) is 5.29. The van der Waals surface area contributed by atoms with Crippen molar-refractivity contribution in [1.82, 2.24) is 15.1 Å². The zero-order valence-corrected chi connectivity index (χ0v) is 12.1. The first-order valence-electron chi connectivity index (χ1n) is 7.69. The molecule has 3 N–H and O–H groups in total. The highest BCUT2D eigenvalue weighted by Gasteiger charge is 2.52. The molecule has 1 saturated carbocycles. The van der Waals surface area contributed by atoms with Gasteiger partial charge in [-0.2, -0.15) is 0 Å². The number of urea groups is 1. The fourth-order valence-corrected chi connectivity index (χ4v) is 3.58. The van der Waals surface area contributed by atoms with Gasteiger partial charge in [-0.3, -0.25) is 14.5 Å². The minimum atomic E-state index is -0.684. The van der Waals surface area contributed by atoms with Crippen LogP contribution in [0.3, 0.4) is 0 Å². The molecule has 7 heteroatoms. The predicted molar refractivity (Wildman–Crippen MR) is 75.2 cm³/mol. The van der Waals surface area contributed by atoms with Crippen molar-refractivity contribution in [2.75, 3.05) is 19.6 Å². The molecule has 0 unspecified atom stereocenters. The molecular formula is C14H22N4O3. The summed E-state index contributed by atoms with van der Waals surface area (Å²) in [7, 11) is 0. The van der Waals surface area contributed by atoms with Crippen LogP contribution in [0.25, 0.3) is 0 Å². The topological polar surface area (TPSA) is 95.7 Å².